The molecular weight excluding hydrogens is 1120 g/mol. The van der Waals surface area contributed by atoms with Crippen LogP contribution in [0, 0.1) is 28.4 Å². The first-order valence-electron chi connectivity index (χ1n) is 30.3. The van der Waals surface area contributed by atoms with Crippen LogP contribution in [-0.2, 0) is 30.8 Å². The Hall–Kier alpha value is -7.35. The molecule has 14 rings (SSSR count). The Morgan fingerprint density at radius 1 is 0.895 bits per heavy atom. The van der Waals surface area contributed by atoms with Crippen LogP contribution in [0.1, 0.15) is 85.0 Å². The number of piperidine rings is 1. The third kappa shape index (κ3) is 10.7. The number of benzene rings is 2. The number of nitro groups is 1. The Morgan fingerprint density at radius 3 is 2.51 bits per heavy atom. The predicted octanol–water partition coefficient (Wildman–Crippen LogP) is 7.52. The maximum absolute atomic E-state index is 14.9. The lowest BCUT2D eigenvalue weighted by molar-refractivity contribution is -0.384. The van der Waals surface area contributed by atoms with Crippen molar-refractivity contribution in [3.8, 4) is 17.5 Å². The summed E-state index contributed by atoms with van der Waals surface area (Å²) < 4.78 is 66.7. The number of hydrogen-bond donors (Lipinski definition) is 3. The first kappa shape index (κ1) is 56.5. The Morgan fingerprint density at radius 2 is 1.71 bits per heavy atom. The largest absolute Gasteiger partial charge is 0.493 e. The van der Waals surface area contributed by atoms with Gasteiger partial charge >= 0.3 is 5.69 Å². The Bertz CT molecular complexity index is 3660. The van der Waals surface area contributed by atoms with Crippen LogP contribution in [-0.4, -0.2) is 172 Å². The van der Waals surface area contributed by atoms with E-state index in [1.165, 1.54) is 11.1 Å². The van der Waals surface area contributed by atoms with Gasteiger partial charge in [-0.2, -0.15) is 18.4 Å². The number of carbonyl (C=O) groups is 1. The second-order valence-electron chi connectivity index (χ2n) is 24.6. The van der Waals surface area contributed by atoms with Gasteiger partial charge in [0.1, 0.15) is 24.0 Å². The van der Waals surface area contributed by atoms with Crippen molar-refractivity contribution in [2.24, 2.45) is 11.3 Å². The number of ether oxygens (including phenoxy) is 6. The highest BCUT2D eigenvalue weighted by Crippen LogP contribution is 2.54. The molecule has 454 valence electrons. The average molecular weight is 1200 g/mol. The lowest BCUT2D eigenvalue weighted by Gasteiger charge is -2.58. The molecule has 8 aliphatic rings. The molecule has 5 saturated heterocycles. The lowest BCUT2D eigenvalue weighted by Crippen LogP contribution is -2.59. The molecule has 11 heterocycles. The fraction of sp³-hybridized carbons (Fsp3) is 0.516. The number of aromatic amines is 1. The van der Waals surface area contributed by atoms with Crippen LogP contribution in [0.3, 0.4) is 0 Å². The summed E-state index contributed by atoms with van der Waals surface area (Å²) in [5.41, 5.74) is 6.15. The normalized spacial score (nSPS) is 24.6. The number of hydrogen-bond acceptors (Lipinski definition) is 20. The summed E-state index contributed by atoms with van der Waals surface area (Å²) >= 11 is 0. The summed E-state index contributed by atoms with van der Waals surface area (Å²) in [7, 11) is -3.10. The van der Waals surface area contributed by atoms with Crippen molar-refractivity contribution in [3.63, 3.8) is 0 Å². The maximum atomic E-state index is 14.9. The number of pyridine rings is 3. The average Bonchev–Trinajstić information content (AvgIpc) is 1.15. The molecule has 1 saturated carbocycles. The van der Waals surface area contributed by atoms with Gasteiger partial charge in [0.2, 0.25) is 11.8 Å². The van der Waals surface area contributed by atoms with E-state index in [-0.39, 0.29) is 65.8 Å². The first-order valence-corrected chi connectivity index (χ1v) is 31.8. The van der Waals surface area contributed by atoms with Gasteiger partial charge in [0.25, 0.3) is 15.9 Å². The first-order chi connectivity index (χ1) is 41.8. The predicted molar refractivity (Wildman–Crippen MR) is 322 cm³/mol. The zero-order chi connectivity index (χ0) is 58.8. The molecule has 3 N–H and O–H groups in total. The molecule has 4 aromatic heterocycles. The summed E-state index contributed by atoms with van der Waals surface area (Å²) in [4.78, 5) is 56.2. The molecule has 23 nitrogen and oxygen atoms in total. The summed E-state index contributed by atoms with van der Waals surface area (Å²) in [6, 6.07) is 21.6. The van der Waals surface area contributed by atoms with E-state index in [0.29, 0.717) is 68.4 Å². The van der Waals surface area contributed by atoms with E-state index in [1.54, 1.807) is 19.4 Å². The summed E-state index contributed by atoms with van der Waals surface area (Å²) in [6.07, 6.45) is 9.62. The number of carbonyl (C=O) groups excluding carboxylic acids is 1. The van der Waals surface area contributed by atoms with E-state index in [4.69, 9.17) is 38.4 Å². The minimum Gasteiger partial charge on any atom is -0.493 e. The maximum Gasteiger partial charge on any atom is 0.300 e. The monoisotopic (exact) mass is 1190 g/mol. The Balaban J connectivity index is 0.712. The second kappa shape index (κ2) is 23.1. The molecule has 0 unspecified atom stereocenters. The van der Waals surface area contributed by atoms with Gasteiger partial charge in [0.05, 0.1) is 67.3 Å². The zero-order valence-electron chi connectivity index (χ0n) is 48.8. The smallest absolute Gasteiger partial charge is 0.300 e. The highest BCUT2D eigenvalue weighted by atomic mass is 32.2. The molecule has 5 atom stereocenters. The van der Waals surface area contributed by atoms with E-state index < -0.39 is 37.7 Å². The van der Waals surface area contributed by atoms with Crippen LogP contribution >= 0.6 is 0 Å². The minimum absolute atomic E-state index is 0.00211. The number of aryl methyl sites for hydroxylation is 1. The van der Waals surface area contributed by atoms with Gasteiger partial charge in [-0.1, -0.05) is 24.3 Å². The molecular formula is C62H74N12O11S. The zero-order valence-corrected chi connectivity index (χ0v) is 49.6. The van der Waals surface area contributed by atoms with Gasteiger partial charge in [0.15, 0.2) is 22.3 Å². The molecule has 6 aromatic rings. The number of nitrogens with zero attached hydrogens (tertiary/aromatic N) is 9. The van der Waals surface area contributed by atoms with E-state index in [9.17, 15) is 23.3 Å². The molecule has 1 aliphatic carbocycles. The highest BCUT2D eigenvalue weighted by Gasteiger charge is 2.51. The number of amides is 1. The van der Waals surface area contributed by atoms with Crippen LogP contribution in [0.4, 0.5) is 34.3 Å². The van der Waals surface area contributed by atoms with Gasteiger partial charge in [-0.3, -0.25) is 24.7 Å². The molecule has 0 bridgehead atoms. The standard InChI is InChI=1S/C62H74N12O11S/c1-38-6-4-5-7-45(38)52-34-69(33-40-26-53(80-3)58(64-32-40)71-21-25-83-35-39(71)2)19-20-72(52)44-30-62(31-44)14-17-70(18-15-62)43-8-9-46(49(28-43)73-48-13-24-82-37-54(48)85-60-51(73)27-42-10-16-63-57(42)67-60)59(75)68-86(78,79)55-29-50(74(76)77)56-61(66-55)84-36-47(65-56)41-11-22-81-23-12-41/h4-10,16,26-29,32,39,41,44,47-48,52,54,65H,11-15,17-25,30-31,33-37H2,1-3H3,(H,63,67)(H,68,75)/t39-,47+,48+,52+,54+/m1/s1. The van der Waals surface area contributed by atoms with Crippen LogP contribution in [0.5, 0.6) is 17.5 Å². The van der Waals surface area contributed by atoms with Crippen LogP contribution < -0.4 is 38.9 Å². The van der Waals surface area contributed by atoms with Crippen molar-refractivity contribution >= 4 is 61.2 Å². The number of aromatic nitrogens is 4. The highest BCUT2D eigenvalue weighted by molar-refractivity contribution is 7.90. The van der Waals surface area contributed by atoms with E-state index >= 15 is 0 Å². The van der Waals surface area contributed by atoms with Gasteiger partial charge in [-0.15, -0.1) is 0 Å². The lowest BCUT2D eigenvalue weighted by atomic mass is 9.59. The molecule has 24 heteroatoms. The summed E-state index contributed by atoms with van der Waals surface area (Å²) in [5, 5.41) is 15.9. The van der Waals surface area contributed by atoms with Crippen molar-refractivity contribution in [2.45, 2.75) is 107 Å². The van der Waals surface area contributed by atoms with Crippen molar-refractivity contribution < 1.29 is 46.6 Å². The molecule has 2 aromatic carbocycles. The number of H-pyrrole nitrogens is 1. The molecule has 86 heavy (non-hydrogen) atoms. The number of morpholine rings is 1. The number of nitrogens with one attached hydrogen (secondary N) is 3. The van der Waals surface area contributed by atoms with Crippen LogP contribution in [0.2, 0.25) is 0 Å². The van der Waals surface area contributed by atoms with E-state index in [1.807, 2.05) is 30.5 Å². The second-order valence-corrected chi connectivity index (χ2v) is 26.3. The molecule has 1 amide bonds. The number of piperazine rings is 1. The summed E-state index contributed by atoms with van der Waals surface area (Å²) in [6.45, 7) is 13.7. The minimum atomic E-state index is -4.83. The van der Waals surface area contributed by atoms with Crippen LogP contribution in [0.15, 0.2) is 84.1 Å². The third-order valence-corrected chi connectivity index (χ3v) is 20.7. The third-order valence-electron chi connectivity index (χ3n) is 19.5. The van der Waals surface area contributed by atoms with Crippen LogP contribution in [0.25, 0.3) is 11.0 Å². The van der Waals surface area contributed by atoms with Crippen molar-refractivity contribution in [2.75, 3.05) is 113 Å². The Kier molecular flexibility index (Phi) is 15.1. The molecule has 7 aliphatic heterocycles. The number of anilines is 5. The van der Waals surface area contributed by atoms with Gasteiger partial charge in [-0.25, -0.2) is 9.71 Å². The molecule has 1 spiro atoms. The van der Waals surface area contributed by atoms with E-state index in [2.05, 4.69) is 88.7 Å². The fourth-order valence-corrected chi connectivity index (χ4v) is 15.7. The molecule has 0 radical (unpaired) electrons. The van der Waals surface area contributed by atoms with Crippen molar-refractivity contribution in [1.82, 2.24) is 34.5 Å². The fourth-order valence-electron chi connectivity index (χ4n) is 14.8. The Labute approximate surface area is 499 Å². The van der Waals surface area contributed by atoms with Gasteiger partial charge in [-0.05, 0) is 123 Å². The quantitative estimate of drug-likeness (QED) is 0.0748. The number of rotatable bonds is 13. The summed E-state index contributed by atoms with van der Waals surface area (Å²) in [5.74, 6) is 0.984. The van der Waals surface area contributed by atoms with E-state index in [0.717, 1.165) is 119 Å². The van der Waals surface area contributed by atoms with Crippen molar-refractivity contribution in [1.29, 1.82) is 0 Å². The SMILES string of the molecule is COc1cc(CN2CCN(C3CC4(CCN(c5ccc(C(=O)NS(=O)(=O)c6cc([N+](=O)[O-])c7c(n6)OC[C@@H](C6CCOCC6)N7)c(N6c7cc8cc[nH]c8nc7O[C@H]7COCC[C@@H]76)c5)CC4)C3)[C@H](c3ccccc3C)C2)cnc1N1CCOC[C@H]1C. The van der Waals surface area contributed by atoms with Crippen molar-refractivity contribution in [3.05, 3.63) is 111 Å². The molecule has 6 fully saturated rings. The van der Waals surface area contributed by atoms with Gasteiger partial charge < -0.3 is 53.4 Å². The van der Waals surface area contributed by atoms with Gasteiger partial charge in [0, 0.05) is 101 Å². The number of fused-ring (bicyclic) bond motifs is 4. The topological polar surface area (TPSA) is 244 Å². The number of methoxy groups -OCH3 is 1. The number of sulfonamides is 1.